The van der Waals surface area contributed by atoms with E-state index >= 15 is 0 Å². The first-order valence-corrected chi connectivity index (χ1v) is 5.58. The summed E-state index contributed by atoms with van der Waals surface area (Å²) in [6, 6.07) is 0. The summed E-state index contributed by atoms with van der Waals surface area (Å²) < 4.78 is 0. The second-order valence-corrected chi connectivity index (χ2v) is 3.83. The van der Waals surface area contributed by atoms with Gasteiger partial charge in [0.15, 0.2) is 0 Å². The van der Waals surface area contributed by atoms with Crippen molar-refractivity contribution in [2.24, 2.45) is 0 Å². The molecule has 0 N–H and O–H groups in total. The molecule has 18 heavy (non-hydrogen) atoms. The summed E-state index contributed by atoms with van der Waals surface area (Å²) in [4.78, 5) is 21.9. The van der Waals surface area contributed by atoms with Crippen molar-refractivity contribution in [3.05, 3.63) is 41.4 Å². The molecule has 0 aromatic carbocycles. The Hall–Kier alpha value is -0.193. The van der Waals surface area contributed by atoms with Crippen LogP contribution in [0.1, 0.15) is 33.1 Å². The Kier molecular flexibility index (Phi) is 12.0. The van der Waals surface area contributed by atoms with Crippen LogP contribution in [0.2, 0.25) is 0 Å². The van der Waals surface area contributed by atoms with Crippen molar-refractivity contribution in [2.75, 3.05) is 0 Å². The number of rotatable bonds is 4. The van der Waals surface area contributed by atoms with Gasteiger partial charge in [-0.05, 0) is 19.4 Å². The summed E-state index contributed by atoms with van der Waals surface area (Å²) in [5, 5.41) is 0. The molecule has 2 nitrogen and oxygen atoms in total. The van der Waals surface area contributed by atoms with Gasteiger partial charge in [0.05, 0.1) is 0 Å². The number of aldehydes is 1. The molecule has 0 aromatic rings. The summed E-state index contributed by atoms with van der Waals surface area (Å²) in [5.74, 6) is 0.252. The standard InChI is InChI=1S/C14H17O2.2W/c1-3-13-12(5-4-6-14(13)16)8-7-11(2)9-10-15;;/h5,7-10H,3-4,6H2,1-2H3;;/q-1;;/b8-7+,11-9+;;. The first-order valence-electron chi connectivity index (χ1n) is 5.58. The maximum absolute atomic E-state index is 11.6. The van der Waals surface area contributed by atoms with Crippen LogP contribution in [0.3, 0.4) is 0 Å². The van der Waals surface area contributed by atoms with Gasteiger partial charge in [-0.1, -0.05) is 25.3 Å². The molecule has 0 unspecified atom stereocenters. The van der Waals surface area contributed by atoms with Crippen molar-refractivity contribution in [2.45, 2.75) is 33.1 Å². The van der Waals surface area contributed by atoms with Gasteiger partial charge in [0.1, 0.15) is 12.1 Å². The van der Waals surface area contributed by atoms with Crippen LogP contribution in [0, 0.1) is 6.42 Å². The van der Waals surface area contributed by atoms with Crippen LogP contribution in [0.15, 0.2) is 34.9 Å². The molecule has 0 fully saturated rings. The normalized spacial score (nSPS) is 15.9. The minimum atomic E-state index is 0. The Balaban J connectivity index is 0. The quantitative estimate of drug-likeness (QED) is 0.220. The molecule has 0 heterocycles. The minimum absolute atomic E-state index is 0. The summed E-state index contributed by atoms with van der Waals surface area (Å²) in [7, 11) is 0. The second-order valence-electron chi connectivity index (χ2n) is 3.83. The van der Waals surface area contributed by atoms with Gasteiger partial charge in [-0.15, -0.1) is 11.6 Å². The maximum Gasteiger partial charge on any atom is 0.143 e. The number of allylic oxidation sites excluding steroid dienone is 6. The molecule has 0 radical (unpaired) electrons. The molecule has 0 saturated carbocycles. The van der Waals surface area contributed by atoms with Crippen LogP contribution in [-0.4, -0.2) is 12.1 Å². The van der Waals surface area contributed by atoms with Gasteiger partial charge >= 0.3 is 0 Å². The van der Waals surface area contributed by atoms with Gasteiger partial charge in [0.25, 0.3) is 0 Å². The summed E-state index contributed by atoms with van der Waals surface area (Å²) in [5.41, 5.74) is 2.81. The third-order valence-electron chi connectivity index (χ3n) is 2.63. The van der Waals surface area contributed by atoms with Crippen molar-refractivity contribution in [3.8, 4) is 0 Å². The predicted molar refractivity (Wildman–Crippen MR) is 64.8 cm³/mol. The largest absolute Gasteiger partial charge is 0.309 e. The zero-order valence-corrected chi connectivity index (χ0v) is 16.5. The molecule has 0 atom stereocenters. The number of hydrogen-bond donors (Lipinski definition) is 0. The van der Waals surface area contributed by atoms with Crippen LogP contribution in [0.5, 0.6) is 0 Å². The van der Waals surface area contributed by atoms with E-state index in [1.165, 1.54) is 6.08 Å². The van der Waals surface area contributed by atoms with E-state index < -0.39 is 0 Å². The van der Waals surface area contributed by atoms with Crippen molar-refractivity contribution in [1.82, 2.24) is 0 Å². The minimum Gasteiger partial charge on any atom is -0.309 e. The van der Waals surface area contributed by atoms with Gasteiger partial charge in [-0.3, -0.25) is 4.79 Å². The fraction of sp³-hybridized carbons (Fsp3) is 0.357. The van der Waals surface area contributed by atoms with E-state index in [1.807, 2.05) is 26.0 Å². The number of Topliss-reactive ketones (excluding diaryl/α,β-unsaturated/α-hetero) is 1. The van der Waals surface area contributed by atoms with Gasteiger partial charge in [0, 0.05) is 42.1 Å². The number of carbonyl (C=O) groups excluding carboxylic acids is 2. The Bertz CT molecular complexity index is 379. The van der Waals surface area contributed by atoms with E-state index in [9.17, 15) is 9.59 Å². The molecule has 0 aliphatic heterocycles. The maximum atomic E-state index is 11.6. The SMILES string of the molecule is CCC1=C(/C=C/C(C)=C/C=O)[CH-]CCC1=O.[W].[W]. The summed E-state index contributed by atoms with van der Waals surface area (Å²) in [6.45, 7) is 3.86. The number of ketones is 1. The van der Waals surface area contributed by atoms with Gasteiger partial charge < -0.3 is 4.79 Å². The smallest absolute Gasteiger partial charge is 0.143 e. The van der Waals surface area contributed by atoms with Crippen molar-refractivity contribution in [1.29, 1.82) is 0 Å². The Morgan fingerprint density at radius 3 is 2.61 bits per heavy atom. The van der Waals surface area contributed by atoms with E-state index in [1.54, 1.807) is 0 Å². The van der Waals surface area contributed by atoms with Crippen LogP contribution >= 0.6 is 0 Å². The summed E-state index contributed by atoms with van der Waals surface area (Å²) in [6.07, 6.45) is 10.4. The second kappa shape index (κ2) is 10.7. The third kappa shape index (κ3) is 6.11. The molecule has 0 aromatic heterocycles. The zero-order valence-electron chi connectivity index (χ0n) is 10.6. The molecule has 4 heteroatoms. The summed E-state index contributed by atoms with van der Waals surface area (Å²) >= 11 is 0. The fourth-order valence-corrected chi connectivity index (χ4v) is 1.75. The van der Waals surface area contributed by atoms with Gasteiger partial charge in [-0.25, -0.2) is 0 Å². The molecule has 1 aliphatic rings. The molecule has 98 valence electrons. The molecule has 0 spiro atoms. The first kappa shape index (κ1) is 20.1. The zero-order chi connectivity index (χ0) is 12.0. The molecule has 0 saturated heterocycles. The van der Waals surface area contributed by atoms with E-state index in [0.29, 0.717) is 6.42 Å². The third-order valence-corrected chi connectivity index (χ3v) is 2.63. The van der Waals surface area contributed by atoms with Crippen molar-refractivity contribution >= 4 is 12.1 Å². The van der Waals surface area contributed by atoms with E-state index in [-0.39, 0.29) is 47.9 Å². The van der Waals surface area contributed by atoms with Gasteiger partial charge in [-0.2, -0.15) is 18.1 Å². The molecular weight excluding hydrogens is 568 g/mol. The molecule has 0 bridgehead atoms. The predicted octanol–water partition coefficient (Wildman–Crippen LogP) is 2.96. The fourth-order valence-electron chi connectivity index (χ4n) is 1.75. The van der Waals surface area contributed by atoms with Crippen molar-refractivity contribution in [3.63, 3.8) is 0 Å². The molecule has 1 aliphatic carbocycles. The molecular formula is C14H17O2W2-. The van der Waals surface area contributed by atoms with E-state index in [0.717, 1.165) is 35.8 Å². The Morgan fingerprint density at radius 1 is 1.39 bits per heavy atom. The number of carbonyl (C=O) groups is 2. The molecule has 0 amide bonds. The van der Waals surface area contributed by atoms with Crippen LogP contribution in [0.4, 0.5) is 0 Å². The van der Waals surface area contributed by atoms with Crippen LogP contribution in [-0.2, 0) is 51.7 Å². The Morgan fingerprint density at radius 2 is 2.06 bits per heavy atom. The average Bonchev–Trinajstić information content (AvgIpc) is 2.27. The Labute approximate surface area is 138 Å². The van der Waals surface area contributed by atoms with Crippen LogP contribution < -0.4 is 0 Å². The van der Waals surface area contributed by atoms with Crippen LogP contribution in [0.25, 0.3) is 0 Å². The number of hydrogen-bond acceptors (Lipinski definition) is 2. The van der Waals surface area contributed by atoms with Crippen molar-refractivity contribution < 1.29 is 51.7 Å². The monoisotopic (exact) mass is 585 g/mol. The average molecular weight is 585 g/mol. The van der Waals surface area contributed by atoms with E-state index in [4.69, 9.17) is 0 Å². The van der Waals surface area contributed by atoms with Gasteiger partial charge in [0.2, 0.25) is 0 Å². The van der Waals surface area contributed by atoms with E-state index in [2.05, 4.69) is 6.42 Å². The topological polar surface area (TPSA) is 34.1 Å². The molecule has 1 rings (SSSR count). The first-order chi connectivity index (χ1) is 7.69.